The van der Waals surface area contributed by atoms with Crippen molar-refractivity contribution < 1.29 is 4.79 Å². The van der Waals surface area contributed by atoms with E-state index in [1.807, 2.05) is 42.3 Å². The van der Waals surface area contributed by atoms with E-state index in [0.29, 0.717) is 5.56 Å². The predicted octanol–water partition coefficient (Wildman–Crippen LogP) is 2.21. The van der Waals surface area contributed by atoms with Crippen LogP contribution < -0.4 is 5.43 Å². The first-order valence-electron chi connectivity index (χ1n) is 6.74. The maximum atomic E-state index is 12.2. The number of carbonyl (C=O) groups is 1. The van der Waals surface area contributed by atoms with Gasteiger partial charge in [-0.1, -0.05) is 30.3 Å². The van der Waals surface area contributed by atoms with Crippen molar-refractivity contribution in [2.24, 2.45) is 0 Å². The van der Waals surface area contributed by atoms with Crippen molar-refractivity contribution in [3.63, 3.8) is 0 Å². The highest BCUT2D eigenvalue weighted by Gasteiger charge is 2.19. The third-order valence-electron chi connectivity index (χ3n) is 3.57. The molecule has 101 valence electrons. The fourth-order valence-corrected chi connectivity index (χ4v) is 2.22. The Balaban J connectivity index is 1.90. The number of hydrogen-bond donors (Lipinski definition) is 1. The predicted molar refractivity (Wildman–Crippen MR) is 76.9 cm³/mol. The molecule has 0 saturated carbocycles. The Morgan fingerprint density at radius 1 is 1.30 bits per heavy atom. The van der Waals surface area contributed by atoms with E-state index in [0.717, 1.165) is 36.2 Å². The number of amides is 1. The second-order valence-corrected chi connectivity index (χ2v) is 4.93. The summed E-state index contributed by atoms with van der Waals surface area (Å²) in [5.74, 6) is -0.0964. The van der Waals surface area contributed by atoms with Gasteiger partial charge in [-0.2, -0.15) is 0 Å². The molecule has 0 unspecified atom stereocenters. The van der Waals surface area contributed by atoms with Crippen molar-refractivity contribution in [1.82, 2.24) is 15.4 Å². The molecule has 0 bridgehead atoms. The Bertz CT molecular complexity index is 621. The summed E-state index contributed by atoms with van der Waals surface area (Å²) in [6, 6.07) is 9.90. The van der Waals surface area contributed by atoms with Crippen LogP contribution in [0, 0.1) is 13.1 Å². The summed E-state index contributed by atoms with van der Waals surface area (Å²) in [5, 5.41) is 1.92. The molecule has 1 aliphatic rings. The Morgan fingerprint density at radius 2 is 2.05 bits per heavy atom. The Hall–Kier alpha value is -2.20. The molecule has 0 aliphatic carbocycles. The van der Waals surface area contributed by atoms with Crippen molar-refractivity contribution in [2.45, 2.75) is 13.3 Å². The summed E-state index contributed by atoms with van der Waals surface area (Å²) in [7, 11) is 0. The van der Waals surface area contributed by atoms with Crippen LogP contribution in [0.1, 0.15) is 22.3 Å². The van der Waals surface area contributed by atoms with Gasteiger partial charge in [0.2, 0.25) is 0 Å². The minimum Gasteiger partial charge on any atom is -0.285 e. The number of nitrogens with one attached hydrogen (secondary N) is 1. The van der Waals surface area contributed by atoms with E-state index in [1.165, 1.54) is 0 Å². The second-order valence-electron chi connectivity index (χ2n) is 4.93. The summed E-state index contributed by atoms with van der Waals surface area (Å²) >= 11 is 0. The maximum Gasteiger partial charge on any atom is 0.267 e. The SMILES string of the molecule is Cc1c(-c2ccccc2)[c]ncc1C(=O)NN1CCC1. The van der Waals surface area contributed by atoms with Gasteiger partial charge in [-0.05, 0) is 24.5 Å². The molecule has 20 heavy (non-hydrogen) atoms. The van der Waals surface area contributed by atoms with E-state index < -0.39 is 0 Å². The van der Waals surface area contributed by atoms with Crippen molar-refractivity contribution in [3.05, 3.63) is 53.9 Å². The third-order valence-corrected chi connectivity index (χ3v) is 3.57. The lowest BCUT2D eigenvalue weighted by Gasteiger charge is -2.30. The second kappa shape index (κ2) is 5.43. The molecule has 0 atom stereocenters. The topological polar surface area (TPSA) is 45.2 Å². The molecular formula is C16H16N3O. The average Bonchev–Trinajstić information content (AvgIpc) is 2.44. The van der Waals surface area contributed by atoms with E-state index in [9.17, 15) is 4.79 Å². The molecule has 1 amide bonds. The Labute approximate surface area is 118 Å². The number of hydrogen-bond acceptors (Lipinski definition) is 3. The van der Waals surface area contributed by atoms with Gasteiger partial charge in [-0.3, -0.25) is 15.2 Å². The van der Waals surface area contributed by atoms with E-state index in [4.69, 9.17) is 0 Å². The number of benzene rings is 1. The van der Waals surface area contributed by atoms with Crippen molar-refractivity contribution >= 4 is 5.91 Å². The molecule has 0 spiro atoms. The molecule has 1 radical (unpaired) electrons. The monoisotopic (exact) mass is 266 g/mol. The highest BCUT2D eigenvalue weighted by atomic mass is 16.2. The smallest absolute Gasteiger partial charge is 0.267 e. The minimum atomic E-state index is -0.0964. The molecule has 1 N–H and O–H groups in total. The van der Waals surface area contributed by atoms with Crippen LogP contribution in [0.2, 0.25) is 0 Å². The molecule has 3 rings (SSSR count). The number of hydrazine groups is 1. The molecule has 4 nitrogen and oxygen atoms in total. The van der Waals surface area contributed by atoms with Crippen LogP contribution in [0.15, 0.2) is 36.5 Å². The largest absolute Gasteiger partial charge is 0.285 e. The van der Waals surface area contributed by atoms with E-state index >= 15 is 0 Å². The fraction of sp³-hybridized carbons (Fsp3) is 0.250. The Kier molecular flexibility index (Phi) is 3.48. The molecule has 1 fully saturated rings. The molecule has 4 heteroatoms. The minimum absolute atomic E-state index is 0.0964. The highest BCUT2D eigenvalue weighted by molar-refractivity contribution is 5.96. The normalized spacial score (nSPS) is 14.7. The first-order chi connectivity index (χ1) is 9.75. The van der Waals surface area contributed by atoms with Gasteiger partial charge in [0.05, 0.1) is 11.8 Å². The molecule has 2 aromatic rings. The zero-order chi connectivity index (χ0) is 13.9. The fourth-order valence-electron chi connectivity index (χ4n) is 2.22. The number of carbonyl (C=O) groups excluding carboxylic acids is 1. The van der Waals surface area contributed by atoms with Gasteiger partial charge in [0.15, 0.2) is 0 Å². The van der Waals surface area contributed by atoms with Crippen LogP contribution in [-0.2, 0) is 0 Å². The van der Waals surface area contributed by atoms with Gasteiger partial charge < -0.3 is 0 Å². The molecule has 1 aromatic carbocycles. The van der Waals surface area contributed by atoms with Gasteiger partial charge >= 0.3 is 0 Å². The van der Waals surface area contributed by atoms with E-state index in [1.54, 1.807) is 6.20 Å². The summed E-state index contributed by atoms with van der Waals surface area (Å²) in [6.45, 7) is 3.77. The number of aromatic nitrogens is 1. The first-order valence-corrected chi connectivity index (χ1v) is 6.74. The van der Waals surface area contributed by atoms with Crippen LogP contribution >= 0.6 is 0 Å². The third kappa shape index (κ3) is 2.42. The van der Waals surface area contributed by atoms with Gasteiger partial charge in [-0.25, -0.2) is 5.01 Å². The zero-order valence-corrected chi connectivity index (χ0v) is 11.4. The van der Waals surface area contributed by atoms with Crippen molar-refractivity contribution in [2.75, 3.05) is 13.1 Å². The molecule has 2 heterocycles. The molecule has 1 aromatic heterocycles. The molecule has 1 saturated heterocycles. The van der Waals surface area contributed by atoms with E-state index in [-0.39, 0.29) is 5.91 Å². The van der Waals surface area contributed by atoms with Crippen molar-refractivity contribution in [3.8, 4) is 11.1 Å². The van der Waals surface area contributed by atoms with Crippen LogP contribution in [0.3, 0.4) is 0 Å². The quantitative estimate of drug-likeness (QED) is 0.926. The Morgan fingerprint density at radius 3 is 2.70 bits per heavy atom. The van der Waals surface area contributed by atoms with Crippen LogP contribution in [0.4, 0.5) is 0 Å². The van der Waals surface area contributed by atoms with Crippen LogP contribution in [-0.4, -0.2) is 29.0 Å². The number of rotatable bonds is 3. The van der Waals surface area contributed by atoms with E-state index in [2.05, 4.69) is 16.6 Å². The summed E-state index contributed by atoms with van der Waals surface area (Å²) in [5.41, 5.74) is 6.31. The van der Waals surface area contributed by atoms with Crippen LogP contribution in [0.25, 0.3) is 11.1 Å². The molecular weight excluding hydrogens is 250 g/mol. The number of nitrogens with zero attached hydrogens (tertiary/aromatic N) is 2. The zero-order valence-electron chi connectivity index (χ0n) is 11.4. The summed E-state index contributed by atoms with van der Waals surface area (Å²) in [6.07, 6.45) is 5.70. The standard InChI is InChI=1S/C16H16N3O/c1-12-14(13-6-3-2-4-7-13)10-17-11-15(12)16(20)18-19-8-5-9-19/h2-4,6-7,11H,5,8-9H2,1H3,(H,18,20). The maximum absolute atomic E-state index is 12.2. The van der Waals surface area contributed by atoms with Gasteiger partial charge in [-0.15, -0.1) is 0 Å². The van der Waals surface area contributed by atoms with Gasteiger partial charge in [0.1, 0.15) is 0 Å². The van der Waals surface area contributed by atoms with Crippen LogP contribution in [0.5, 0.6) is 0 Å². The van der Waals surface area contributed by atoms with Crippen molar-refractivity contribution in [1.29, 1.82) is 0 Å². The highest BCUT2D eigenvalue weighted by Crippen LogP contribution is 2.24. The lowest BCUT2D eigenvalue weighted by atomic mass is 9.99. The summed E-state index contributed by atoms with van der Waals surface area (Å²) in [4.78, 5) is 16.3. The lowest BCUT2D eigenvalue weighted by molar-refractivity contribution is 0.0641. The van der Waals surface area contributed by atoms with Gasteiger partial charge in [0, 0.05) is 24.8 Å². The average molecular weight is 266 g/mol. The first kappa shape index (κ1) is 12.8. The molecule has 1 aliphatic heterocycles. The number of pyridine rings is 1. The van der Waals surface area contributed by atoms with Gasteiger partial charge in [0.25, 0.3) is 5.91 Å². The summed E-state index contributed by atoms with van der Waals surface area (Å²) < 4.78 is 0. The lowest BCUT2D eigenvalue weighted by Crippen LogP contribution is -2.50.